The van der Waals surface area contributed by atoms with Gasteiger partial charge < -0.3 is 10.2 Å². The van der Waals surface area contributed by atoms with Crippen molar-refractivity contribution < 1.29 is 18.4 Å². The van der Waals surface area contributed by atoms with E-state index in [2.05, 4.69) is 10.3 Å². The van der Waals surface area contributed by atoms with Gasteiger partial charge in [0.05, 0.1) is 11.9 Å². The number of carbonyl (C=O) groups is 2. The van der Waals surface area contributed by atoms with E-state index in [4.69, 9.17) is 23.2 Å². The van der Waals surface area contributed by atoms with Crippen LogP contribution in [0.1, 0.15) is 12.0 Å². The van der Waals surface area contributed by atoms with E-state index in [9.17, 15) is 18.4 Å². The molecule has 2 aromatic rings. The smallest absolute Gasteiger partial charge is 0.239 e. The maximum Gasteiger partial charge on any atom is 0.239 e. The Hall–Kier alpha value is -2.25. The number of nitrogens with zero attached hydrogens (tertiary/aromatic N) is 2. The van der Waals surface area contributed by atoms with Crippen molar-refractivity contribution in [3.63, 3.8) is 0 Å². The molecule has 1 N–H and O–H groups in total. The molecule has 0 spiro atoms. The molecule has 2 amide bonds. The predicted molar refractivity (Wildman–Crippen MR) is 92.9 cm³/mol. The number of benzene rings is 1. The first kappa shape index (κ1) is 18.5. The first-order chi connectivity index (χ1) is 12.3. The van der Waals surface area contributed by atoms with E-state index < -0.39 is 29.4 Å². The van der Waals surface area contributed by atoms with Crippen LogP contribution in [0.3, 0.4) is 0 Å². The second-order valence-electron chi connectivity index (χ2n) is 5.79. The summed E-state index contributed by atoms with van der Waals surface area (Å²) >= 11 is 11.3. The van der Waals surface area contributed by atoms with Gasteiger partial charge >= 0.3 is 0 Å². The number of hydrogen-bond acceptors (Lipinski definition) is 3. The van der Waals surface area contributed by atoms with Gasteiger partial charge in [0, 0.05) is 24.2 Å². The van der Waals surface area contributed by atoms with Gasteiger partial charge in [0.1, 0.15) is 11.7 Å². The summed E-state index contributed by atoms with van der Waals surface area (Å²) < 4.78 is 26.8. The normalized spacial score (nSPS) is 16.8. The summed E-state index contributed by atoms with van der Waals surface area (Å²) in [5.74, 6) is -3.10. The molecule has 0 saturated carbocycles. The molecule has 1 atom stereocenters. The fourth-order valence-electron chi connectivity index (χ4n) is 2.76. The lowest BCUT2D eigenvalue weighted by Crippen LogP contribution is -2.36. The van der Waals surface area contributed by atoms with Crippen molar-refractivity contribution in [1.29, 1.82) is 0 Å². The molecule has 26 heavy (non-hydrogen) atoms. The van der Waals surface area contributed by atoms with Crippen molar-refractivity contribution in [3.8, 4) is 0 Å². The van der Waals surface area contributed by atoms with Gasteiger partial charge in [0.2, 0.25) is 11.8 Å². The third-order valence-corrected chi connectivity index (χ3v) is 4.50. The summed E-state index contributed by atoms with van der Waals surface area (Å²) in [5.41, 5.74) is 0.721. The Bertz CT molecular complexity index is 859. The van der Waals surface area contributed by atoms with E-state index in [1.807, 2.05) is 0 Å². The first-order valence-corrected chi connectivity index (χ1v) is 8.46. The molecule has 5 nitrogen and oxygen atoms in total. The number of pyridine rings is 1. The van der Waals surface area contributed by atoms with Gasteiger partial charge in [-0.25, -0.2) is 13.8 Å². The van der Waals surface area contributed by atoms with Crippen LogP contribution in [0.15, 0.2) is 30.5 Å². The summed E-state index contributed by atoms with van der Waals surface area (Å²) in [6.07, 6.45) is 1.55. The molecule has 1 unspecified atom stereocenters. The van der Waals surface area contributed by atoms with Crippen LogP contribution in [0.4, 0.5) is 14.5 Å². The molecule has 1 aromatic heterocycles. The Kier molecular flexibility index (Phi) is 5.38. The summed E-state index contributed by atoms with van der Waals surface area (Å²) in [4.78, 5) is 29.7. The van der Waals surface area contributed by atoms with Gasteiger partial charge in [-0.05, 0) is 30.2 Å². The topological polar surface area (TPSA) is 62.3 Å². The van der Waals surface area contributed by atoms with E-state index in [1.165, 1.54) is 23.2 Å². The van der Waals surface area contributed by atoms with Crippen LogP contribution in [0.5, 0.6) is 0 Å². The number of carbonyl (C=O) groups excluding carboxylic acids is 2. The molecule has 9 heteroatoms. The molecular weight excluding hydrogens is 387 g/mol. The van der Waals surface area contributed by atoms with E-state index in [0.717, 1.165) is 12.1 Å². The maximum absolute atomic E-state index is 13.5. The largest absolute Gasteiger partial charge is 0.351 e. The number of nitrogens with one attached hydrogen (secondary N) is 1. The first-order valence-electron chi connectivity index (χ1n) is 7.70. The monoisotopic (exact) mass is 399 g/mol. The second-order valence-corrected chi connectivity index (χ2v) is 6.59. The summed E-state index contributed by atoms with van der Waals surface area (Å²) in [6, 6.07) is 5.03. The highest BCUT2D eigenvalue weighted by atomic mass is 35.5. The van der Waals surface area contributed by atoms with Crippen LogP contribution in [0, 0.1) is 17.6 Å². The number of amides is 2. The van der Waals surface area contributed by atoms with Crippen molar-refractivity contribution >= 4 is 40.7 Å². The van der Waals surface area contributed by atoms with Crippen molar-refractivity contribution in [2.24, 2.45) is 5.92 Å². The highest BCUT2D eigenvalue weighted by Gasteiger charge is 2.37. The molecule has 1 aliphatic rings. The minimum Gasteiger partial charge on any atom is -0.351 e. The number of hydrogen-bond donors (Lipinski definition) is 1. The molecule has 1 aliphatic heterocycles. The van der Waals surface area contributed by atoms with E-state index in [0.29, 0.717) is 5.56 Å². The molecule has 136 valence electrons. The molecule has 3 rings (SSSR count). The minimum atomic E-state index is -0.905. The van der Waals surface area contributed by atoms with Crippen LogP contribution >= 0.6 is 23.2 Å². The highest BCUT2D eigenvalue weighted by Crippen LogP contribution is 2.27. The van der Waals surface area contributed by atoms with E-state index in [-0.39, 0.29) is 35.4 Å². The molecule has 2 heterocycles. The summed E-state index contributed by atoms with van der Waals surface area (Å²) in [6.45, 7) is 0.294. The lowest BCUT2D eigenvalue weighted by molar-refractivity contribution is -0.132. The van der Waals surface area contributed by atoms with Gasteiger partial charge in [-0.3, -0.25) is 9.59 Å². The Morgan fingerprint density at radius 3 is 2.73 bits per heavy atom. The van der Waals surface area contributed by atoms with Gasteiger partial charge in [0.25, 0.3) is 0 Å². The van der Waals surface area contributed by atoms with Crippen LogP contribution in [-0.2, 0) is 16.1 Å². The zero-order valence-corrected chi connectivity index (χ0v) is 14.8. The SMILES string of the molecule is O=C(NCc1cc(F)cc(Cl)c1)C1CCN(c2cnc(Cl)c(F)c2)C1=O. The third kappa shape index (κ3) is 3.94. The molecule has 1 fully saturated rings. The third-order valence-electron chi connectivity index (χ3n) is 4.00. The van der Waals surface area contributed by atoms with Crippen LogP contribution in [0.2, 0.25) is 10.2 Å². The average molecular weight is 400 g/mol. The fraction of sp³-hybridized carbons (Fsp3) is 0.235. The fourth-order valence-corrected chi connectivity index (χ4v) is 3.11. The van der Waals surface area contributed by atoms with Gasteiger partial charge in [-0.15, -0.1) is 0 Å². The number of aromatic nitrogens is 1. The van der Waals surface area contributed by atoms with Crippen LogP contribution in [0.25, 0.3) is 0 Å². The lowest BCUT2D eigenvalue weighted by atomic mass is 10.1. The van der Waals surface area contributed by atoms with Gasteiger partial charge in [-0.1, -0.05) is 23.2 Å². The van der Waals surface area contributed by atoms with Crippen LogP contribution in [-0.4, -0.2) is 23.3 Å². The standard InChI is InChI=1S/C17H13Cl2F2N3O2/c18-10-3-9(4-11(20)5-10)7-23-16(25)13-1-2-24(17(13)26)12-6-14(21)15(19)22-8-12/h3-6,8,13H,1-2,7H2,(H,23,25). The zero-order chi connectivity index (χ0) is 18.8. The molecule has 0 bridgehead atoms. The Labute approximate surface area is 157 Å². The highest BCUT2D eigenvalue weighted by molar-refractivity contribution is 6.30. The van der Waals surface area contributed by atoms with Crippen molar-refractivity contribution in [3.05, 3.63) is 57.8 Å². The summed E-state index contributed by atoms with van der Waals surface area (Å²) in [7, 11) is 0. The number of anilines is 1. The second kappa shape index (κ2) is 7.55. The number of rotatable bonds is 4. The van der Waals surface area contributed by atoms with Crippen molar-refractivity contribution in [2.45, 2.75) is 13.0 Å². The predicted octanol–water partition coefficient (Wildman–Crippen LogP) is 3.34. The van der Waals surface area contributed by atoms with Gasteiger partial charge in [0.15, 0.2) is 11.0 Å². The van der Waals surface area contributed by atoms with Gasteiger partial charge in [-0.2, -0.15) is 0 Å². The molecule has 0 radical (unpaired) electrons. The van der Waals surface area contributed by atoms with Crippen molar-refractivity contribution in [2.75, 3.05) is 11.4 Å². The quantitative estimate of drug-likeness (QED) is 0.633. The lowest BCUT2D eigenvalue weighted by Gasteiger charge is -2.16. The van der Waals surface area contributed by atoms with E-state index in [1.54, 1.807) is 0 Å². The number of halogens is 4. The molecule has 1 saturated heterocycles. The van der Waals surface area contributed by atoms with Crippen LogP contribution < -0.4 is 10.2 Å². The minimum absolute atomic E-state index is 0.0389. The molecule has 0 aliphatic carbocycles. The summed E-state index contributed by atoms with van der Waals surface area (Å²) in [5, 5.41) is 2.52. The van der Waals surface area contributed by atoms with Crippen molar-refractivity contribution in [1.82, 2.24) is 10.3 Å². The Balaban J connectivity index is 1.65. The molecule has 1 aromatic carbocycles. The average Bonchev–Trinajstić information content (AvgIpc) is 2.96. The molecular formula is C17H13Cl2F2N3O2. The zero-order valence-electron chi connectivity index (χ0n) is 13.3. The maximum atomic E-state index is 13.5. The Morgan fingerprint density at radius 2 is 2.04 bits per heavy atom. The van der Waals surface area contributed by atoms with E-state index >= 15 is 0 Å². The Morgan fingerprint density at radius 1 is 1.27 bits per heavy atom.